The molecule has 0 radical (unpaired) electrons. The van der Waals surface area contributed by atoms with E-state index >= 15 is 0 Å². The van der Waals surface area contributed by atoms with Crippen molar-refractivity contribution in [2.75, 3.05) is 7.11 Å². The van der Waals surface area contributed by atoms with Crippen molar-refractivity contribution in [2.24, 2.45) is 0 Å². The molecule has 1 aromatic rings. The Hall–Kier alpha value is -1.38. The highest BCUT2D eigenvalue weighted by molar-refractivity contribution is 5.86. The van der Waals surface area contributed by atoms with E-state index in [9.17, 15) is 4.79 Å². The lowest BCUT2D eigenvalue weighted by Gasteiger charge is -1.96. The van der Waals surface area contributed by atoms with Crippen LogP contribution in [-0.2, 0) is 4.74 Å². The Balaban J connectivity index is 0.00000121. The third-order valence-electron chi connectivity index (χ3n) is 1.31. The van der Waals surface area contributed by atoms with E-state index in [0.717, 1.165) is 5.56 Å². The number of carbonyl (C=O) groups excluding carboxylic acids is 1. The van der Waals surface area contributed by atoms with E-state index in [1.165, 1.54) is 7.11 Å². The molecule has 0 fully saturated rings. The molecule has 0 aliphatic rings. The monoisotopic (exact) mass is 167 g/mol. The van der Waals surface area contributed by atoms with Crippen LogP contribution in [0.1, 0.15) is 23.5 Å². The van der Waals surface area contributed by atoms with Gasteiger partial charge in [-0.15, -0.1) is 0 Å². The smallest absolute Gasteiger partial charge is 0.356 e. The average Bonchev–Trinajstić information content (AvgIpc) is 2.05. The highest BCUT2D eigenvalue weighted by Crippen LogP contribution is 1.99. The molecule has 0 saturated heterocycles. The summed E-state index contributed by atoms with van der Waals surface area (Å²) in [6.07, 6.45) is 1.63. The first kappa shape index (κ1) is 10.6. The lowest BCUT2D eigenvalue weighted by molar-refractivity contribution is 0.0594. The maximum absolute atomic E-state index is 10.8. The number of aryl methyl sites for hydroxylation is 1. The summed E-state index contributed by atoms with van der Waals surface area (Å²) >= 11 is 0. The Morgan fingerprint density at radius 2 is 2.17 bits per heavy atom. The molecule has 66 valence electrons. The number of rotatable bonds is 1. The molecular formula is C9H13NO2. The normalized spacial score (nSPS) is 8.50. The third kappa shape index (κ3) is 2.34. The lowest BCUT2D eigenvalue weighted by Crippen LogP contribution is -2.03. The van der Waals surface area contributed by atoms with Gasteiger partial charge in [0.2, 0.25) is 0 Å². The molecule has 0 aliphatic heterocycles. The molecule has 3 nitrogen and oxygen atoms in total. The van der Waals surface area contributed by atoms with Gasteiger partial charge in [0, 0.05) is 6.20 Å². The minimum atomic E-state index is -0.398. The van der Waals surface area contributed by atoms with Gasteiger partial charge in [-0.25, -0.2) is 9.78 Å². The zero-order valence-corrected chi connectivity index (χ0v) is 6.50. The highest BCUT2D eigenvalue weighted by atomic mass is 16.5. The number of carbonyl (C=O) groups is 1. The van der Waals surface area contributed by atoms with E-state index < -0.39 is 5.97 Å². The van der Waals surface area contributed by atoms with Crippen LogP contribution in [0.25, 0.3) is 0 Å². The van der Waals surface area contributed by atoms with Crippen LogP contribution in [0.4, 0.5) is 0 Å². The van der Waals surface area contributed by atoms with Gasteiger partial charge in [0.25, 0.3) is 0 Å². The summed E-state index contributed by atoms with van der Waals surface area (Å²) in [5.41, 5.74) is 1.37. The van der Waals surface area contributed by atoms with Crippen LogP contribution >= 0.6 is 0 Å². The van der Waals surface area contributed by atoms with Crippen molar-refractivity contribution in [3.63, 3.8) is 0 Å². The second-order valence-corrected chi connectivity index (χ2v) is 2.21. The van der Waals surface area contributed by atoms with E-state index in [0.29, 0.717) is 5.69 Å². The summed E-state index contributed by atoms with van der Waals surface area (Å²) in [5, 5.41) is 0. The van der Waals surface area contributed by atoms with Crippen LogP contribution in [0.3, 0.4) is 0 Å². The molecular weight excluding hydrogens is 154 g/mol. The molecule has 0 unspecified atom stereocenters. The van der Waals surface area contributed by atoms with Gasteiger partial charge in [-0.3, -0.25) is 0 Å². The second kappa shape index (κ2) is 4.49. The van der Waals surface area contributed by atoms with Crippen LogP contribution in [0.2, 0.25) is 0 Å². The van der Waals surface area contributed by atoms with E-state index in [1.807, 2.05) is 13.0 Å². The molecule has 0 spiro atoms. The van der Waals surface area contributed by atoms with Gasteiger partial charge < -0.3 is 4.74 Å². The number of methoxy groups -OCH3 is 1. The summed E-state index contributed by atoms with van der Waals surface area (Å²) in [4.78, 5) is 14.7. The number of aromatic nitrogens is 1. The minimum absolute atomic E-state index is 0. The van der Waals surface area contributed by atoms with Crippen molar-refractivity contribution in [3.8, 4) is 0 Å². The van der Waals surface area contributed by atoms with Crippen LogP contribution < -0.4 is 0 Å². The first-order valence-corrected chi connectivity index (χ1v) is 3.25. The molecule has 3 heteroatoms. The average molecular weight is 167 g/mol. The number of esters is 1. The number of nitrogens with zero attached hydrogens (tertiary/aromatic N) is 1. The van der Waals surface area contributed by atoms with Crippen molar-refractivity contribution in [1.29, 1.82) is 0 Å². The molecule has 1 heterocycles. The van der Waals surface area contributed by atoms with E-state index in [-0.39, 0.29) is 7.43 Å². The number of ether oxygens (including phenoxy) is 1. The number of hydrogen-bond acceptors (Lipinski definition) is 3. The molecule has 0 amide bonds. The van der Waals surface area contributed by atoms with Crippen molar-refractivity contribution in [1.82, 2.24) is 4.98 Å². The topological polar surface area (TPSA) is 39.2 Å². The maximum Gasteiger partial charge on any atom is 0.356 e. The third-order valence-corrected chi connectivity index (χ3v) is 1.31. The van der Waals surface area contributed by atoms with Crippen LogP contribution in [0.15, 0.2) is 18.3 Å². The summed E-state index contributed by atoms with van der Waals surface area (Å²) in [6.45, 7) is 1.91. The van der Waals surface area contributed by atoms with Crippen molar-refractivity contribution < 1.29 is 9.53 Å². The van der Waals surface area contributed by atoms with E-state index in [4.69, 9.17) is 0 Å². The molecule has 0 aromatic carbocycles. The predicted molar refractivity (Wildman–Crippen MR) is 47.0 cm³/mol. The Morgan fingerprint density at radius 1 is 1.50 bits per heavy atom. The zero-order chi connectivity index (χ0) is 8.27. The Labute approximate surface area is 72.4 Å². The van der Waals surface area contributed by atoms with Gasteiger partial charge >= 0.3 is 5.97 Å². The van der Waals surface area contributed by atoms with Gasteiger partial charge in [-0.05, 0) is 18.6 Å². The Bertz CT molecular complexity index is 254. The molecule has 12 heavy (non-hydrogen) atoms. The first-order chi connectivity index (χ1) is 5.24. The predicted octanol–water partition coefficient (Wildman–Crippen LogP) is 1.81. The van der Waals surface area contributed by atoms with Gasteiger partial charge in [-0.2, -0.15) is 0 Å². The molecule has 0 N–H and O–H groups in total. The van der Waals surface area contributed by atoms with Gasteiger partial charge in [0.15, 0.2) is 0 Å². The van der Waals surface area contributed by atoms with Crippen LogP contribution in [-0.4, -0.2) is 18.1 Å². The van der Waals surface area contributed by atoms with E-state index in [1.54, 1.807) is 12.3 Å². The Kier molecular flexibility index (Phi) is 3.97. The van der Waals surface area contributed by atoms with Gasteiger partial charge in [0.1, 0.15) is 5.69 Å². The molecule has 0 bridgehead atoms. The standard InChI is InChI=1S/C8H9NO2.CH4/c1-6-3-4-7(9-5-6)8(10)11-2;/h3-5H,1-2H3;1H4. The second-order valence-electron chi connectivity index (χ2n) is 2.21. The maximum atomic E-state index is 10.8. The highest BCUT2D eigenvalue weighted by Gasteiger charge is 2.04. The quantitative estimate of drug-likeness (QED) is 0.599. The molecule has 1 aromatic heterocycles. The van der Waals surface area contributed by atoms with Crippen LogP contribution in [0.5, 0.6) is 0 Å². The molecule has 0 saturated carbocycles. The van der Waals surface area contributed by atoms with E-state index in [2.05, 4.69) is 9.72 Å². The molecule has 1 rings (SSSR count). The fraction of sp³-hybridized carbons (Fsp3) is 0.333. The SMILES string of the molecule is C.COC(=O)c1ccc(C)cn1. The fourth-order valence-electron chi connectivity index (χ4n) is 0.693. The van der Waals surface area contributed by atoms with Gasteiger partial charge in [0.05, 0.1) is 7.11 Å². The minimum Gasteiger partial charge on any atom is -0.464 e. The van der Waals surface area contributed by atoms with Crippen LogP contribution in [0, 0.1) is 6.92 Å². The van der Waals surface area contributed by atoms with Crippen molar-refractivity contribution in [3.05, 3.63) is 29.6 Å². The summed E-state index contributed by atoms with van der Waals surface area (Å²) in [5.74, 6) is -0.398. The summed E-state index contributed by atoms with van der Waals surface area (Å²) < 4.78 is 4.47. The summed E-state index contributed by atoms with van der Waals surface area (Å²) in [6, 6.07) is 3.46. The summed E-state index contributed by atoms with van der Waals surface area (Å²) in [7, 11) is 1.34. The largest absolute Gasteiger partial charge is 0.464 e. The van der Waals surface area contributed by atoms with Crippen molar-refractivity contribution >= 4 is 5.97 Å². The molecule has 0 aliphatic carbocycles. The molecule has 0 atom stereocenters. The zero-order valence-electron chi connectivity index (χ0n) is 6.50. The first-order valence-electron chi connectivity index (χ1n) is 3.25. The number of hydrogen-bond donors (Lipinski definition) is 0. The van der Waals surface area contributed by atoms with Gasteiger partial charge in [-0.1, -0.05) is 13.5 Å². The van der Waals surface area contributed by atoms with Crippen molar-refractivity contribution in [2.45, 2.75) is 14.4 Å². The number of pyridine rings is 1. The fourth-order valence-corrected chi connectivity index (χ4v) is 0.693. The lowest BCUT2D eigenvalue weighted by atomic mass is 10.3. The Morgan fingerprint density at radius 3 is 2.58 bits per heavy atom.